The van der Waals surface area contributed by atoms with E-state index in [1.807, 2.05) is 0 Å². The molecule has 1 aromatic rings. The Kier molecular flexibility index (Phi) is 3.91. The summed E-state index contributed by atoms with van der Waals surface area (Å²) in [5.74, 6) is 0.214. The highest BCUT2D eigenvalue weighted by molar-refractivity contribution is 5.40. The summed E-state index contributed by atoms with van der Waals surface area (Å²) in [6.45, 7) is 2.42. The summed E-state index contributed by atoms with van der Waals surface area (Å²) < 4.78 is 13.1. The number of nitrogens with one attached hydrogen (secondary N) is 1. The van der Waals surface area contributed by atoms with Crippen LogP contribution in [-0.2, 0) is 6.54 Å². The number of rotatable bonds is 5. The number of halogens is 1. The van der Waals surface area contributed by atoms with Crippen molar-refractivity contribution in [1.82, 2.24) is 5.32 Å². The van der Waals surface area contributed by atoms with Crippen molar-refractivity contribution in [3.05, 3.63) is 39.7 Å². The number of hydrogen-bond donors (Lipinski definition) is 1. The van der Waals surface area contributed by atoms with Crippen LogP contribution in [0.5, 0.6) is 0 Å². The maximum Gasteiger partial charge on any atom is 0.274 e. The number of benzene rings is 1. The van der Waals surface area contributed by atoms with Gasteiger partial charge >= 0.3 is 0 Å². The highest BCUT2D eigenvalue weighted by atomic mass is 19.1. The van der Waals surface area contributed by atoms with Crippen LogP contribution in [0.2, 0.25) is 0 Å². The molecule has 0 saturated heterocycles. The summed E-state index contributed by atoms with van der Waals surface area (Å²) in [7, 11) is 0. The quantitative estimate of drug-likeness (QED) is 0.647. The van der Waals surface area contributed by atoms with E-state index >= 15 is 0 Å². The first-order valence-corrected chi connectivity index (χ1v) is 6.24. The Balaban J connectivity index is 2.02. The molecule has 0 amide bonds. The molecule has 0 spiro atoms. The molecule has 98 valence electrons. The first-order chi connectivity index (χ1) is 8.58. The molecule has 5 heteroatoms. The third-order valence-corrected chi connectivity index (χ3v) is 3.71. The van der Waals surface area contributed by atoms with Gasteiger partial charge in [0.2, 0.25) is 0 Å². The molecule has 2 rings (SSSR count). The average Bonchev–Trinajstić information content (AvgIpc) is 2.23. The van der Waals surface area contributed by atoms with Gasteiger partial charge in [-0.05, 0) is 37.8 Å². The molecule has 0 heterocycles. The molecular weight excluding hydrogens is 235 g/mol. The number of nitro groups is 1. The number of nitro benzene ring substituents is 1. The molecule has 1 fully saturated rings. The van der Waals surface area contributed by atoms with E-state index in [2.05, 4.69) is 12.2 Å². The first-order valence-electron chi connectivity index (χ1n) is 6.24. The summed E-state index contributed by atoms with van der Waals surface area (Å²) in [6, 6.07) is 3.90. The Hall–Kier alpha value is -1.49. The molecule has 1 saturated carbocycles. The van der Waals surface area contributed by atoms with Crippen molar-refractivity contribution >= 4 is 5.69 Å². The Labute approximate surface area is 105 Å². The Bertz CT molecular complexity index is 447. The lowest BCUT2D eigenvalue weighted by molar-refractivity contribution is -0.385. The second-order valence-corrected chi connectivity index (χ2v) is 4.89. The van der Waals surface area contributed by atoms with Crippen LogP contribution >= 0.6 is 0 Å². The molecule has 18 heavy (non-hydrogen) atoms. The van der Waals surface area contributed by atoms with Gasteiger partial charge in [0.25, 0.3) is 5.69 Å². The summed E-state index contributed by atoms with van der Waals surface area (Å²) >= 11 is 0. The monoisotopic (exact) mass is 252 g/mol. The molecule has 1 N–H and O–H groups in total. The third kappa shape index (κ3) is 2.85. The molecule has 1 aliphatic rings. The largest absolute Gasteiger partial charge is 0.310 e. The Morgan fingerprint density at radius 1 is 1.56 bits per heavy atom. The second-order valence-electron chi connectivity index (χ2n) is 4.89. The van der Waals surface area contributed by atoms with Gasteiger partial charge < -0.3 is 5.32 Å². The maximum atomic E-state index is 13.1. The van der Waals surface area contributed by atoms with Gasteiger partial charge in [0, 0.05) is 24.2 Å². The fourth-order valence-electron chi connectivity index (χ4n) is 2.25. The van der Waals surface area contributed by atoms with Gasteiger partial charge in [-0.1, -0.05) is 6.42 Å². The van der Waals surface area contributed by atoms with Crippen molar-refractivity contribution in [1.29, 1.82) is 0 Å². The van der Waals surface area contributed by atoms with E-state index in [-0.39, 0.29) is 5.69 Å². The first kappa shape index (κ1) is 13.0. The standard InChI is InChI=1S/C13H17FN2O2/c1-9(10-3-2-4-10)15-8-11-7-12(14)5-6-13(11)16(17)18/h5-7,9-10,15H,2-4,8H2,1H3. The summed E-state index contributed by atoms with van der Waals surface area (Å²) in [4.78, 5) is 10.4. The van der Waals surface area contributed by atoms with E-state index in [4.69, 9.17) is 0 Å². The number of hydrogen-bond acceptors (Lipinski definition) is 3. The van der Waals surface area contributed by atoms with Crippen molar-refractivity contribution in [3.63, 3.8) is 0 Å². The van der Waals surface area contributed by atoms with Gasteiger partial charge in [0.1, 0.15) is 5.82 Å². The number of nitrogens with zero attached hydrogens (tertiary/aromatic N) is 1. The lowest BCUT2D eigenvalue weighted by Gasteiger charge is -2.32. The Morgan fingerprint density at radius 3 is 2.83 bits per heavy atom. The van der Waals surface area contributed by atoms with Crippen LogP contribution in [0.4, 0.5) is 10.1 Å². The zero-order valence-corrected chi connectivity index (χ0v) is 10.4. The van der Waals surface area contributed by atoms with Crippen LogP contribution < -0.4 is 5.32 Å². The molecule has 0 aliphatic heterocycles. The average molecular weight is 252 g/mol. The van der Waals surface area contributed by atoms with Gasteiger partial charge in [0.15, 0.2) is 0 Å². The molecule has 0 radical (unpaired) electrons. The van der Waals surface area contributed by atoms with Crippen molar-refractivity contribution in [3.8, 4) is 0 Å². The Morgan fingerprint density at radius 2 is 2.28 bits per heavy atom. The van der Waals surface area contributed by atoms with Crippen LogP contribution in [0, 0.1) is 21.8 Å². The van der Waals surface area contributed by atoms with E-state index in [9.17, 15) is 14.5 Å². The van der Waals surface area contributed by atoms with Crippen LogP contribution in [-0.4, -0.2) is 11.0 Å². The van der Waals surface area contributed by atoms with Crippen molar-refractivity contribution in [2.75, 3.05) is 0 Å². The highest BCUT2D eigenvalue weighted by Gasteiger charge is 2.24. The molecule has 1 atom stereocenters. The lowest BCUT2D eigenvalue weighted by atomic mass is 9.80. The van der Waals surface area contributed by atoms with Crippen molar-refractivity contribution in [2.45, 2.75) is 38.8 Å². The summed E-state index contributed by atoms with van der Waals surface area (Å²) in [5, 5.41) is 14.1. The van der Waals surface area contributed by atoms with E-state index in [0.29, 0.717) is 24.1 Å². The van der Waals surface area contributed by atoms with Gasteiger partial charge in [0.05, 0.1) is 4.92 Å². The summed E-state index contributed by atoms with van der Waals surface area (Å²) in [6.07, 6.45) is 3.68. The highest BCUT2D eigenvalue weighted by Crippen LogP contribution is 2.29. The van der Waals surface area contributed by atoms with Gasteiger partial charge in [-0.25, -0.2) is 4.39 Å². The smallest absolute Gasteiger partial charge is 0.274 e. The van der Waals surface area contributed by atoms with Crippen molar-refractivity contribution in [2.24, 2.45) is 5.92 Å². The molecule has 1 aliphatic carbocycles. The molecule has 4 nitrogen and oxygen atoms in total. The molecule has 0 aromatic heterocycles. The minimum Gasteiger partial charge on any atom is -0.310 e. The summed E-state index contributed by atoms with van der Waals surface area (Å²) in [5.41, 5.74) is 0.385. The molecule has 1 unspecified atom stereocenters. The zero-order chi connectivity index (χ0) is 13.1. The fourth-order valence-corrected chi connectivity index (χ4v) is 2.25. The van der Waals surface area contributed by atoms with E-state index < -0.39 is 10.7 Å². The van der Waals surface area contributed by atoms with Gasteiger partial charge in [-0.2, -0.15) is 0 Å². The van der Waals surface area contributed by atoms with E-state index in [0.717, 1.165) is 6.07 Å². The van der Waals surface area contributed by atoms with Gasteiger partial charge in [-0.3, -0.25) is 10.1 Å². The predicted molar refractivity (Wildman–Crippen MR) is 66.7 cm³/mol. The fraction of sp³-hybridized carbons (Fsp3) is 0.538. The van der Waals surface area contributed by atoms with Crippen LogP contribution in [0.1, 0.15) is 31.7 Å². The predicted octanol–water partition coefficient (Wildman–Crippen LogP) is 3.01. The second kappa shape index (κ2) is 5.44. The normalized spacial score (nSPS) is 17.2. The minimum atomic E-state index is -0.468. The van der Waals surface area contributed by atoms with Crippen LogP contribution in [0.15, 0.2) is 18.2 Å². The molecular formula is C13H17FN2O2. The van der Waals surface area contributed by atoms with E-state index in [1.54, 1.807) is 0 Å². The molecule has 1 aromatic carbocycles. The zero-order valence-electron chi connectivity index (χ0n) is 10.4. The molecule has 0 bridgehead atoms. The van der Waals surface area contributed by atoms with E-state index in [1.165, 1.54) is 31.4 Å². The maximum absolute atomic E-state index is 13.1. The van der Waals surface area contributed by atoms with Gasteiger partial charge in [-0.15, -0.1) is 0 Å². The van der Waals surface area contributed by atoms with Crippen molar-refractivity contribution < 1.29 is 9.31 Å². The van der Waals surface area contributed by atoms with Crippen LogP contribution in [0.25, 0.3) is 0 Å². The lowest BCUT2D eigenvalue weighted by Crippen LogP contribution is -2.36. The topological polar surface area (TPSA) is 55.2 Å². The van der Waals surface area contributed by atoms with Crippen LogP contribution in [0.3, 0.4) is 0 Å². The minimum absolute atomic E-state index is 0.0234. The third-order valence-electron chi connectivity index (χ3n) is 3.71. The SMILES string of the molecule is CC(NCc1cc(F)ccc1[N+](=O)[O-])C1CCC1.